The summed E-state index contributed by atoms with van der Waals surface area (Å²) in [6.45, 7) is 2.69. The van der Waals surface area contributed by atoms with E-state index in [-0.39, 0.29) is 5.91 Å². The molecule has 7 heteroatoms. The Morgan fingerprint density at radius 1 is 1.50 bits per heavy atom. The summed E-state index contributed by atoms with van der Waals surface area (Å²) in [4.78, 5) is 16.0. The molecule has 2 aromatic rings. The van der Waals surface area contributed by atoms with Gasteiger partial charge in [-0.2, -0.15) is 4.98 Å². The molecule has 1 aromatic carbocycles. The SMILES string of the molecule is CCOc1cccc(N)c1C(=O)NCCc1ncno1. The van der Waals surface area contributed by atoms with Gasteiger partial charge in [0.1, 0.15) is 11.3 Å². The van der Waals surface area contributed by atoms with Crippen LogP contribution in [-0.4, -0.2) is 29.2 Å². The first-order chi connectivity index (χ1) is 9.72. The van der Waals surface area contributed by atoms with E-state index in [4.69, 9.17) is 15.0 Å². The van der Waals surface area contributed by atoms with Gasteiger partial charge in [0.15, 0.2) is 6.33 Å². The van der Waals surface area contributed by atoms with E-state index in [1.54, 1.807) is 18.2 Å². The van der Waals surface area contributed by atoms with Gasteiger partial charge in [-0.3, -0.25) is 4.79 Å². The molecule has 106 valence electrons. The number of carbonyl (C=O) groups excluding carboxylic acids is 1. The first kappa shape index (κ1) is 13.9. The second-order valence-electron chi connectivity index (χ2n) is 3.99. The molecule has 0 aliphatic heterocycles. The minimum absolute atomic E-state index is 0.286. The topological polar surface area (TPSA) is 103 Å². The van der Waals surface area contributed by atoms with E-state index in [1.165, 1.54) is 6.33 Å². The Balaban J connectivity index is 2.01. The highest BCUT2D eigenvalue weighted by Gasteiger charge is 2.15. The fourth-order valence-corrected chi connectivity index (χ4v) is 1.74. The molecule has 0 aliphatic carbocycles. The number of carbonyl (C=O) groups is 1. The maximum atomic E-state index is 12.2. The van der Waals surface area contributed by atoms with Gasteiger partial charge in [-0.1, -0.05) is 11.2 Å². The molecule has 0 spiro atoms. The molecule has 1 aromatic heterocycles. The number of ether oxygens (including phenoxy) is 1. The number of rotatable bonds is 6. The van der Waals surface area contributed by atoms with Crippen molar-refractivity contribution in [3.63, 3.8) is 0 Å². The van der Waals surface area contributed by atoms with Crippen molar-refractivity contribution in [2.45, 2.75) is 13.3 Å². The zero-order chi connectivity index (χ0) is 14.4. The Hall–Kier alpha value is -2.57. The van der Waals surface area contributed by atoms with Crippen LogP contribution >= 0.6 is 0 Å². The van der Waals surface area contributed by atoms with Crippen LogP contribution in [0.25, 0.3) is 0 Å². The van der Waals surface area contributed by atoms with Crippen molar-refractivity contribution in [2.24, 2.45) is 0 Å². The quantitative estimate of drug-likeness (QED) is 0.763. The van der Waals surface area contributed by atoms with Gasteiger partial charge in [-0.25, -0.2) is 0 Å². The van der Waals surface area contributed by atoms with Crippen molar-refractivity contribution < 1.29 is 14.1 Å². The lowest BCUT2D eigenvalue weighted by Gasteiger charge is -2.12. The van der Waals surface area contributed by atoms with Gasteiger partial charge in [-0.05, 0) is 19.1 Å². The van der Waals surface area contributed by atoms with Gasteiger partial charge < -0.3 is 20.3 Å². The predicted molar refractivity (Wildman–Crippen MR) is 72.4 cm³/mol. The third-order valence-electron chi connectivity index (χ3n) is 2.62. The standard InChI is InChI=1S/C13H16N4O3/c1-2-19-10-5-3-4-9(14)12(10)13(18)15-7-6-11-16-8-17-20-11/h3-5,8H,2,6-7,14H2,1H3,(H,15,18). The molecule has 0 fully saturated rings. The van der Waals surface area contributed by atoms with Crippen molar-refractivity contribution in [1.82, 2.24) is 15.5 Å². The van der Waals surface area contributed by atoms with E-state index in [0.29, 0.717) is 42.5 Å². The predicted octanol–water partition coefficient (Wildman–Crippen LogP) is 1.02. The summed E-state index contributed by atoms with van der Waals surface area (Å²) in [5, 5.41) is 6.24. The monoisotopic (exact) mass is 276 g/mol. The third-order valence-corrected chi connectivity index (χ3v) is 2.62. The fraction of sp³-hybridized carbons (Fsp3) is 0.308. The van der Waals surface area contributed by atoms with Crippen LogP contribution < -0.4 is 15.8 Å². The number of nitrogen functional groups attached to an aromatic ring is 1. The van der Waals surface area contributed by atoms with Crippen molar-refractivity contribution >= 4 is 11.6 Å². The summed E-state index contributed by atoms with van der Waals surface area (Å²) in [7, 11) is 0. The molecule has 20 heavy (non-hydrogen) atoms. The highest BCUT2D eigenvalue weighted by Crippen LogP contribution is 2.24. The number of amides is 1. The molecule has 1 heterocycles. The van der Waals surface area contributed by atoms with Crippen molar-refractivity contribution in [2.75, 3.05) is 18.9 Å². The second-order valence-corrected chi connectivity index (χ2v) is 3.99. The first-order valence-corrected chi connectivity index (χ1v) is 6.27. The van der Waals surface area contributed by atoms with Crippen molar-refractivity contribution in [1.29, 1.82) is 0 Å². The molecular formula is C13H16N4O3. The number of hydrogen-bond donors (Lipinski definition) is 2. The summed E-state index contributed by atoms with van der Waals surface area (Å²) >= 11 is 0. The molecule has 1 amide bonds. The Bertz CT molecular complexity index is 569. The average Bonchev–Trinajstić information content (AvgIpc) is 2.92. The lowest BCUT2D eigenvalue weighted by atomic mass is 10.1. The molecule has 2 rings (SSSR count). The zero-order valence-electron chi connectivity index (χ0n) is 11.1. The zero-order valence-corrected chi connectivity index (χ0v) is 11.1. The van der Waals surface area contributed by atoms with Gasteiger partial charge in [0, 0.05) is 18.7 Å². The summed E-state index contributed by atoms with van der Waals surface area (Å²) in [6, 6.07) is 5.12. The smallest absolute Gasteiger partial charge is 0.257 e. The number of aromatic nitrogens is 2. The lowest BCUT2D eigenvalue weighted by Crippen LogP contribution is -2.27. The molecular weight excluding hydrogens is 260 g/mol. The number of nitrogens with zero attached hydrogens (tertiary/aromatic N) is 2. The highest BCUT2D eigenvalue weighted by molar-refractivity contribution is 6.01. The Morgan fingerprint density at radius 3 is 3.05 bits per heavy atom. The van der Waals surface area contributed by atoms with Crippen LogP contribution in [0, 0.1) is 0 Å². The third kappa shape index (κ3) is 3.25. The maximum absolute atomic E-state index is 12.2. The molecule has 0 saturated heterocycles. The highest BCUT2D eigenvalue weighted by atomic mass is 16.5. The van der Waals surface area contributed by atoms with E-state index in [2.05, 4.69) is 15.5 Å². The molecule has 3 N–H and O–H groups in total. The van der Waals surface area contributed by atoms with E-state index in [0.717, 1.165) is 0 Å². The molecule has 0 bridgehead atoms. The van der Waals surface area contributed by atoms with Gasteiger partial charge in [0.05, 0.1) is 6.61 Å². The maximum Gasteiger partial charge on any atom is 0.257 e. The summed E-state index contributed by atoms with van der Waals surface area (Å²) < 4.78 is 10.3. The first-order valence-electron chi connectivity index (χ1n) is 6.27. The Kier molecular flexibility index (Phi) is 4.54. The second kappa shape index (κ2) is 6.55. The molecule has 0 radical (unpaired) electrons. The van der Waals surface area contributed by atoms with Crippen LogP contribution in [0.4, 0.5) is 5.69 Å². The molecule has 0 aliphatic rings. The fourth-order valence-electron chi connectivity index (χ4n) is 1.74. The van der Waals surface area contributed by atoms with Crippen LogP contribution in [0.1, 0.15) is 23.2 Å². The van der Waals surface area contributed by atoms with Crippen LogP contribution in [0.15, 0.2) is 29.0 Å². The Morgan fingerprint density at radius 2 is 2.35 bits per heavy atom. The molecule has 0 unspecified atom stereocenters. The van der Waals surface area contributed by atoms with Gasteiger partial charge in [0.25, 0.3) is 5.91 Å². The number of anilines is 1. The van der Waals surface area contributed by atoms with Gasteiger partial charge in [0.2, 0.25) is 5.89 Å². The van der Waals surface area contributed by atoms with Crippen LogP contribution in [-0.2, 0) is 6.42 Å². The van der Waals surface area contributed by atoms with Gasteiger partial charge >= 0.3 is 0 Å². The Labute approximate surface area is 116 Å². The van der Waals surface area contributed by atoms with Gasteiger partial charge in [-0.15, -0.1) is 0 Å². The largest absolute Gasteiger partial charge is 0.493 e. The number of nitrogens with one attached hydrogen (secondary N) is 1. The molecule has 0 saturated carbocycles. The summed E-state index contributed by atoms with van der Waals surface area (Å²) in [5.74, 6) is 0.658. The molecule has 7 nitrogen and oxygen atoms in total. The minimum atomic E-state index is -0.286. The number of benzene rings is 1. The van der Waals surface area contributed by atoms with E-state index < -0.39 is 0 Å². The normalized spacial score (nSPS) is 10.2. The van der Waals surface area contributed by atoms with Crippen molar-refractivity contribution in [3.8, 4) is 5.75 Å². The van der Waals surface area contributed by atoms with E-state index >= 15 is 0 Å². The number of hydrogen-bond acceptors (Lipinski definition) is 6. The minimum Gasteiger partial charge on any atom is -0.493 e. The number of nitrogens with two attached hydrogens (primary N) is 1. The van der Waals surface area contributed by atoms with Crippen LogP contribution in [0.2, 0.25) is 0 Å². The summed E-state index contributed by atoms with van der Waals surface area (Å²) in [5.41, 5.74) is 6.57. The molecule has 0 atom stereocenters. The average molecular weight is 276 g/mol. The van der Waals surface area contributed by atoms with E-state index in [1.807, 2.05) is 6.92 Å². The summed E-state index contributed by atoms with van der Waals surface area (Å²) in [6.07, 6.45) is 1.78. The van der Waals surface area contributed by atoms with Crippen LogP contribution in [0.5, 0.6) is 5.75 Å². The van der Waals surface area contributed by atoms with Crippen molar-refractivity contribution in [3.05, 3.63) is 36.0 Å². The van der Waals surface area contributed by atoms with E-state index in [9.17, 15) is 4.79 Å². The lowest BCUT2D eigenvalue weighted by molar-refractivity contribution is 0.0950. The van der Waals surface area contributed by atoms with Crippen LogP contribution in [0.3, 0.4) is 0 Å².